The molecule has 2 aromatic heterocycles. The van der Waals surface area contributed by atoms with E-state index in [9.17, 15) is 9.59 Å². The first kappa shape index (κ1) is 22.6. The molecule has 4 rings (SSSR count). The average molecular weight is 443 g/mol. The van der Waals surface area contributed by atoms with Crippen molar-refractivity contribution in [2.45, 2.75) is 39.2 Å². The summed E-state index contributed by atoms with van der Waals surface area (Å²) in [6, 6.07) is 17.6. The summed E-state index contributed by atoms with van der Waals surface area (Å²) in [5.41, 5.74) is 2.98. The maximum absolute atomic E-state index is 13.5. The normalized spacial score (nSPS) is 18.2. The summed E-state index contributed by atoms with van der Waals surface area (Å²) in [7, 11) is 0. The molecule has 6 nitrogen and oxygen atoms in total. The molecule has 170 valence electrons. The highest BCUT2D eigenvalue weighted by Crippen LogP contribution is 2.36. The number of nitrogens with one attached hydrogen (secondary N) is 1. The largest absolute Gasteiger partial charge is 0.353 e. The predicted octanol–water partition coefficient (Wildman–Crippen LogP) is 4.13. The van der Waals surface area contributed by atoms with Crippen LogP contribution in [0.4, 0.5) is 0 Å². The van der Waals surface area contributed by atoms with E-state index in [0.717, 1.165) is 29.5 Å². The highest BCUT2D eigenvalue weighted by atomic mass is 16.2. The lowest BCUT2D eigenvalue weighted by atomic mass is 9.73. The van der Waals surface area contributed by atoms with Gasteiger partial charge in [-0.1, -0.05) is 30.3 Å². The number of amides is 2. The van der Waals surface area contributed by atoms with E-state index in [0.29, 0.717) is 25.2 Å². The number of nitrogens with zero attached hydrogens (tertiary/aromatic N) is 3. The molecular weight excluding hydrogens is 412 g/mol. The van der Waals surface area contributed by atoms with Crippen LogP contribution in [-0.4, -0.2) is 45.8 Å². The Labute approximate surface area is 195 Å². The SMILES string of the molecule is CC(C)NC(=O)C1(Cc2cccc(-c3ccncc3)c2)CCCN(C(=O)c2ccccn2)C1. The van der Waals surface area contributed by atoms with Gasteiger partial charge in [-0.2, -0.15) is 0 Å². The van der Waals surface area contributed by atoms with Crippen LogP contribution in [0.3, 0.4) is 0 Å². The van der Waals surface area contributed by atoms with E-state index in [4.69, 9.17) is 0 Å². The third-order valence-corrected chi connectivity index (χ3v) is 6.13. The van der Waals surface area contributed by atoms with Crippen LogP contribution in [0.15, 0.2) is 73.2 Å². The minimum Gasteiger partial charge on any atom is -0.353 e. The first-order valence-electron chi connectivity index (χ1n) is 11.5. The Balaban J connectivity index is 1.64. The van der Waals surface area contributed by atoms with Crippen LogP contribution in [0.2, 0.25) is 0 Å². The first-order chi connectivity index (χ1) is 16.0. The molecule has 6 heteroatoms. The topological polar surface area (TPSA) is 75.2 Å². The Morgan fingerprint density at radius 2 is 1.85 bits per heavy atom. The molecule has 0 spiro atoms. The number of hydrogen-bond donors (Lipinski definition) is 1. The monoisotopic (exact) mass is 442 g/mol. The molecule has 0 saturated carbocycles. The standard InChI is InChI=1S/C27H30N4O2/c1-20(2)30-26(33)27(12-6-16-31(19-27)25(32)24-9-3-4-13-29-24)18-21-7-5-8-23(17-21)22-10-14-28-15-11-22/h3-5,7-11,13-15,17,20H,6,12,16,18-19H2,1-2H3,(H,30,33). The summed E-state index contributed by atoms with van der Waals surface area (Å²) in [4.78, 5) is 36.8. The van der Waals surface area contributed by atoms with E-state index in [1.54, 1.807) is 35.6 Å². The van der Waals surface area contributed by atoms with Crippen molar-refractivity contribution in [2.24, 2.45) is 5.41 Å². The van der Waals surface area contributed by atoms with Crippen LogP contribution in [-0.2, 0) is 11.2 Å². The number of benzene rings is 1. The van der Waals surface area contributed by atoms with E-state index >= 15 is 0 Å². The third kappa shape index (κ3) is 5.28. The van der Waals surface area contributed by atoms with E-state index < -0.39 is 5.41 Å². The van der Waals surface area contributed by atoms with Crippen molar-refractivity contribution in [2.75, 3.05) is 13.1 Å². The lowest BCUT2D eigenvalue weighted by Gasteiger charge is -2.42. The minimum absolute atomic E-state index is 0.00494. The van der Waals surface area contributed by atoms with Gasteiger partial charge in [0, 0.05) is 37.7 Å². The van der Waals surface area contributed by atoms with E-state index in [1.807, 2.05) is 38.1 Å². The van der Waals surface area contributed by atoms with E-state index in [1.165, 1.54) is 0 Å². The lowest BCUT2D eigenvalue weighted by molar-refractivity contribution is -0.134. The maximum atomic E-state index is 13.5. The fourth-order valence-electron chi connectivity index (χ4n) is 4.58. The van der Waals surface area contributed by atoms with Gasteiger partial charge in [0.15, 0.2) is 0 Å². The van der Waals surface area contributed by atoms with Crippen LogP contribution in [0.25, 0.3) is 11.1 Å². The van der Waals surface area contributed by atoms with Gasteiger partial charge in [0.2, 0.25) is 5.91 Å². The minimum atomic E-state index is -0.691. The second kappa shape index (κ2) is 9.94. The Hall–Kier alpha value is -3.54. The van der Waals surface area contributed by atoms with Crippen molar-refractivity contribution in [3.05, 3.63) is 84.4 Å². The number of pyridine rings is 2. The van der Waals surface area contributed by atoms with Crippen LogP contribution < -0.4 is 5.32 Å². The van der Waals surface area contributed by atoms with Gasteiger partial charge in [-0.25, -0.2) is 0 Å². The second-order valence-corrected chi connectivity index (χ2v) is 9.07. The summed E-state index contributed by atoms with van der Waals surface area (Å²) in [5.74, 6) is -0.118. The van der Waals surface area contributed by atoms with Crippen molar-refractivity contribution in [1.29, 1.82) is 0 Å². The van der Waals surface area contributed by atoms with Gasteiger partial charge in [0.25, 0.3) is 5.91 Å². The van der Waals surface area contributed by atoms with Crippen molar-refractivity contribution >= 4 is 11.8 Å². The predicted molar refractivity (Wildman–Crippen MR) is 128 cm³/mol. The number of piperidine rings is 1. The molecule has 1 unspecified atom stereocenters. The molecule has 1 aromatic carbocycles. The summed E-state index contributed by atoms with van der Waals surface area (Å²) >= 11 is 0. The lowest BCUT2D eigenvalue weighted by Crippen LogP contribution is -2.55. The van der Waals surface area contributed by atoms with Gasteiger partial charge >= 0.3 is 0 Å². The van der Waals surface area contributed by atoms with Gasteiger partial charge in [-0.3, -0.25) is 19.6 Å². The quantitative estimate of drug-likeness (QED) is 0.623. The molecule has 0 radical (unpaired) electrons. The van der Waals surface area contributed by atoms with Crippen LogP contribution in [0.1, 0.15) is 42.7 Å². The molecule has 1 N–H and O–H groups in total. The summed E-state index contributed by atoms with van der Waals surface area (Å²) in [6.45, 7) is 4.94. The number of hydrogen-bond acceptors (Lipinski definition) is 4. The van der Waals surface area contributed by atoms with Crippen molar-refractivity contribution in [3.8, 4) is 11.1 Å². The molecule has 1 aliphatic rings. The van der Waals surface area contributed by atoms with Gasteiger partial charge in [0.05, 0.1) is 5.41 Å². The summed E-state index contributed by atoms with van der Waals surface area (Å²) < 4.78 is 0. The van der Waals surface area contributed by atoms with Gasteiger partial charge in [-0.05, 0) is 74.1 Å². The number of likely N-dealkylation sites (tertiary alicyclic amines) is 1. The average Bonchev–Trinajstić information content (AvgIpc) is 2.84. The number of rotatable bonds is 6. The van der Waals surface area contributed by atoms with E-state index in [-0.39, 0.29) is 17.9 Å². The second-order valence-electron chi connectivity index (χ2n) is 9.07. The highest BCUT2D eigenvalue weighted by molar-refractivity contribution is 5.93. The molecule has 33 heavy (non-hydrogen) atoms. The number of aromatic nitrogens is 2. The Morgan fingerprint density at radius 1 is 1.03 bits per heavy atom. The fourth-order valence-corrected chi connectivity index (χ4v) is 4.58. The molecule has 0 aliphatic carbocycles. The molecule has 1 fully saturated rings. The molecule has 3 aromatic rings. The van der Waals surface area contributed by atoms with Crippen molar-refractivity contribution < 1.29 is 9.59 Å². The number of carbonyl (C=O) groups excluding carboxylic acids is 2. The third-order valence-electron chi connectivity index (χ3n) is 6.13. The molecule has 1 aliphatic heterocycles. The van der Waals surface area contributed by atoms with Gasteiger partial charge < -0.3 is 10.2 Å². The van der Waals surface area contributed by atoms with Crippen LogP contribution in [0, 0.1) is 5.41 Å². The Kier molecular flexibility index (Phi) is 6.82. The summed E-state index contributed by atoms with van der Waals surface area (Å²) in [5, 5.41) is 3.12. The molecule has 0 bridgehead atoms. The van der Waals surface area contributed by atoms with Crippen LogP contribution in [0.5, 0.6) is 0 Å². The van der Waals surface area contributed by atoms with Crippen molar-refractivity contribution in [1.82, 2.24) is 20.2 Å². The Morgan fingerprint density at radius 3 is 2.58 bits per heavy atom. The zero-order valence-electron chi connectivity index (χ0n) is 19.2. The highest BCUT2D eigenvalue weighted by Gasteiger charge is 2.44. The Bertz CT molecular complexity index is 1100. The first-order valence-corrected chi connectivity index (χ1v) is 11.5. The molecular formula is C27H30N4O2. The van der Waals surface area contributed by atoms with E-state index in [2.05, 4.69) is 33.5 Å². The smallest absolute Gasteiger partial charge is 0.272 e. The summed E-state index contributed by atoms with van der Waals surface area (Å²) in [6.07, 6.45) is 7.26. The fraction of sp³-hybridized carbons (Fsp3) is 0.333. The molecule has 1 atom stereocenters. The molecule has 1 saturated heterocycles. The van der Waals surface area contributed by atoms with Crippen LogP contribution >= 0.6 is 0 Å². The molecule has 3 heterocycles. The molecule has 2 amide bonds. The zero-order chi connectivity index (χ0) is 23.3. The maximum Gasteiger partial charge on any atom is 0.272 e. The number of carbonyl (C=O) groups is 2. The van der Waals surface area contributed by atoms with Gasteiger partial charge in [0.1, 0.15) is 5.69 Å². The van der Waals surface area contributed by atoms with Gasteiger partial charge in [-0.15, -0.1) is 0 Å². The zero-order valence-corrected chi connectivity index (χ0v) is 19.2. The van der Waals surface area contributed by atoms with Crippen molar-refractivity contribution in [3.63, 3.8) is 0 Å².